The lowest BCUT2D eigenvalue weighted by Gasteiger charge is -2.37. The van der Waals surface area contributed by atoms with Crippen LogP contribution in [0, 0.1) is 5.92 Å². The van der Waals surface area contributed by atoms with E-state index in [1.807, 2.05) is 30.4 Å². The zero-order chi connectivity index (χ0) is 22.5. The normalized spacial score (nSPS) is 45.6. The van der Waals surface area contributed by atoms with Crippen LogP contribution in [-0.2, 0) is 41.7 Å². The van der Waals surface area contributed by atoms with E-state index in [-0.39, 0.29) is 31.3 Å². The van der Waals surface area contributed by atoms with Gasteiger partial charge >= 0.3 is 23.1 Å². The van der Waals surface area contributed by atoms with E-state index in [2.05, 4.69) is 25.7 Å². The minimum atomic E-state index is -4.39. The Bertz CT molecular complexity index is 1180. The third kappa shape index (κ3) is 5.40. The van der Waals surface area contributed by atoms with Gasteiger partial charge in [0.2, 0.25) is 0 Å². The average Bonchev–Trinajstić information content (AvgIpc) is 3.42. The molecule has 3 aliphatic heterocycles. The minimum absolute atomic E-state index is 0.0802. The van der Waals surface area contributed by atoms with Crippen LogP contribution in [0.1, 0.15) is 6.42 Å². The summed E-state index contributed by atoms with van der Waals surface area (Å²) in [6.07, 6.45) is 16.3. The van der Waals surface area contributed by atoms with Crippen molar-refractivity contribution in [3.63, 3.8) is 0 Å². The molecule has 1 fully saturated rings. The molecular formula is C16H22F2N3O4P5S2. The Kier molecular flexibility index (Phi) is 6.81. The summed E-state index contributed by atoms with van der Waals surface area (Å²) < 4.78 is 65.6. The van der Waals surface area contributed by atoms with E-state index in [1.54, 1.807) is 0 Å². The molecule has 2 aliphatic carbocycles. The lowest BCUT2D eigenvalue weighted by atomic mass is 10.2. The summed E-state index contributed by atoms with van der Waals surface area (Å²) in [6.45, 7) is 0. The summed E-state index contributed by atoms with van der Waals surface area (Å²) in [4.78, 5) is 0. The average molecular weight is 577 g/mol. The molecule has 0 N–H and O–H groups in total. The van der Waals surface area contributed by atoms with E-state index in [0.29, 0.717) is 12.3 Å². The summed E-state index contributed by atoms with van der Waals surface area (Å²) in [5.41, 5.74) is 1.04. The van der Waals surface area contributed by atoms with Gasteiger partial charge in [-0.2, -0.15) is 8.39 Å². The van der Waals surface area contributed by atoms with Gasteiger partial charge in [0.25, 0.3) is 0 Å². The summed E-state index contributed by atoms with van der Waals surface area (Å²) in [7, 11) is -12.4. The number of hydrogen-bond donors (Lipinski definition) is 0. The smallest absolute Gasteiger partial charge is 0.301 e. The zero-order valence-electron chi connectivity index (χ0n) is 16.9. The summed E-state index contributed by atoms with van der Waals surface area (Å²) in [5.74, 6) is 0.224. The van der Waals surface area contributed by atoms with Crippen LogP contribution in [0.15, 0.2) is 61.7 Å². The van der Waals surface area contributed by atoms with E-state index < -0.39 is 35.2 Å². The third-order valence-electron chi connectivity index (χ3n) is 5.19. The monoisotopic (exact) mass is 577 g/mol. The van der Waals surface area contributed by atoms with Crippen molar-refractivity contribution in [3.8, 4) is 0 Å². The van der Waals surface area contributed by atoms with Gasteiger partial charge in [-0.1, -0.05) is 66.1 Å². The molecule has 32 heavy (non-hydrogen) atoms. The van der Waals surface area contributed by atoms with Gasteiger partial charge < -0.3 is 9.05 Å². The zero-order valence-corrected chi connectivity index (χ0v) is 23.0. The van der Waals surface area contributed by atoms with E-state index >= 15 is 8.39 Å². The molecule has 5 aliphatic rings. The standard InChI is InChI=1S/C16H22F2N3O4P5S2/c17-28-19-29(18,23-12-26(31,11-22-28)9-15-5-1-2-6-15)21-30(20-28)24-13-27(32,14-25-30)10-16-7-3-4-8-16/h1,3-8,16H,2,9-14H2. The first kappa shape index (κ1) is 24.3. The van der Waals surface area contributed by atoms with Crippen LogP contribution in [-0.4, -0.2) is 37.7 Å². The summed E-state index contributed by atoms with van der Waals surface area (Å²) in [5, 5.41) is 0. The predicted molar refractivity (Wildman–Crippen MR) is 136 cm³/mol. The van der Waals surface area contributed by atoms with Gasteiger partial charge in [-0.15, -0.1) is 13.5 Å². The molecule has 176 valence electrons. The fraction of sp³-hybridized carbons (Fsp3) is 0.500. The SMILES string of the molecule is FP12=NP(F)(=NP3(=N1)OCP(=S)(CC1C=CC=C1)CO3)OCP(=S)(CC1=CCC=C1)CO2. The lowest BCUT2D eigenvalue weighted by Crippen LogP contribution is -2.15. The Morgan fingerprint density at radius 1 is 0.875 bits per heavy atom. The van der Waals surface area contributed by atoms with Crippen LogP contribution in [0.2, 0.25) is 0 Å². The molecular weight excluding hydrogens is 555 g/mol. The van der Waals surface area contributed by atoms with E-state index in [4.69, 9.17) is 41.7 Å². The van der Waals surface area contributed by atoms with Crippen molar-refractivity contribution in [1.82, 2.24) is 0 Å². The highest BCUT2D eigenvalue weighted by Gasteiger charge is 2.47. The number of halogens is 2. The molecule has 0 saturated carbocycles. The van der Waals surface area contributed by atoms with Crippen LogP contribution in [0.3, 0.4) is 0 Å². The maximum absolute atomic E-state index is 15.7. The lowest BCUT2D eigenvalue weighted by molar-refractivity contribution is 0.276. The first-order chi connectivity index (χ1) is 15.1. The molecule has 0 amide bonds. The second-order valence-electron chi connectivity index (χ2n) is 8.05. The summed E-state index contributed by atoms with van der Waals surface area (Å²) in [6, 6.07) is -4.44. The Hall–Kier alpha value is 0.650. The van der Waals surface area contributed by atoms with Crippen molar-refractivity contribution >= 4 is 58.8 Å². The fourth-order valence-corrected chi connectivity index (χ4v) is 20.9. The van der Waals surface area contributed by atoms with Crippen LogP contribution in [0.5, 0.6) is 0 Å². The molecule has 0 aromatic carbocycles. The van der Waals surface area contributed by atoms with Crippen LogP contribution < -0.4 is 0 Å². The van der Waals surface area contributed by atoms with Gasteiger partial charge in [-0.3, -0.25) is 9.05 Å². The Balaban J connectivity index is 1.38. The maximum atomic E-state index is 15.7. The Morgan fingerprint density at radius 3 is 2.12 bits per heavy atom. The van der Waals surface area contributed by atoms with E-state index in [0.717, 1.165) is 12.0 Å². The van der Waals surface area contributed by atoms with Crippen LogP contribution in [0.4, 0.5) is 8.39 Å². The molecule has 1 saturated heterocycles. The number of nitrogens with zero attached hydrogens (tertiary/aromatic N) is 3. The van der Waals surface area contributed by atoms with Gasteiger partial charge in [0, 0.05) is 24.2 Å². The van der Waals surface area contributed by atoms with Crippen molar-refractivity contribution in [1.29, 1.82) is 0 Å². The van der Waals surface area contributed by atoms with Crippen molar-refractivity contribution in [2.75, 3.05) is 37.7 Å². The van der Waals surface area contributed by atoms with Crippen LogP contribution in [0.25, 0.3) is 0 Å². The molecule has 5 rings (SSSR count). The molecule has 0 aromatic rings. The van der Waals surface area contributed by atoms with Gasteiger partial charge in [0.1, 0.15) is 0 Å². The predicted octanol–water partition coefficient (Wildman–Crippen LogP) is 8.29. The van der Waals surface area contributed by atoms with Crippen LogP contribution >= 0.6 is 35.2 Å². The number of rotatable bonds is 4. The van der Waals surface area contributed by atoms with Crippen molar-refractivity contribution in [3.05, 3.63) is 48.1 Å². The molecule has 2 bridgehead atoms. The molecule has 7 nitrogen and oxygen atoms in total. The molecule has 0 aromatic heterocycles. The highest BCUT2D eigenvalue weighted by Crippen LogP contribution is 2.84. The van der Waals surface area contributed by atoms with Gasteiger partial charge in [-0.05, 0) is 18.2 Å². The van der Waals surface area contributed by atoms with Gasteiger partial charge in [0.05, 0.1) is 25.4 Å². The maximum Gasteiger partial charge on any atom is 0.387 e. The van der Waals surface area contributed by atoms with Gasteiger partial charge in [-0.25, -0.2) is 0 Å². The second-order valence-corrected chi connectivity index (χ2v) is 24.7. The largest absolute Gasteiger partial charge is 0.387 e. The first-order valence-electron chi connectivity index (χ1n) is 9.84. The fourth-order valence-electron chi connectivity index (χ4n) is 3.64. The van der Waals surface area contributed by atoms with E-state index in [1.165, 1.54) is 0 Å². The minimum Gasteiger partial charge on any atom is -0.301 e. The second kappa shape index (κ2) is 8.95. The molecule has 16 heteroatoms. The highest BCUT2D eigenvalue weighted by molar-refractivity contribution is 8.15. The first-order valence-corrected chi connectivity index (χ1v) is 21.1. The van der Waals surface area contributed by atoms with E-state index in [9.17, 15) is 0 Å². The Labute approximate surface area is 196 Å². The molecule has 3 heterocycles. The number of allylic oxidation sites excluding steroid dienone is 8. The van der Waals surface area contributed by atoms with Crippen molar-refractivity contribution < 1.29 is 26.5 Å². The molecule has 0 radical (unpaired) electrons. The van der Waals surface area contributed by atoms with Crippen molar-refractivity contribution in [2.24, 2.45) is 19.5 Å². The molecule has 1 spiro atoms. The van der Waals surface area contributed by atoms with Gasteiger partial charge in [0.15, 0.2) is 0 Å². The highest BCUT2D eigenvalue weighted by atomic mass is 32.4. The quantitative estimate of drug-likeness (QED) is 0.313. The molecule has 3 atom stereocenters. The summed E-state index contributed by atoms with van der Waals surface area (Å²) >= 11 is 11.5. The number of hydrogen-bond acceptors (Lipinski definition) is 9. The molecule has 3 unspecified atom stereocenters. The third-order valence-corrected chi connectivity index (χ3v) is 19.7. The van der Waals surface area contributed by atoms with Crippen molar-refractivity contribution in [2.45, 2.75) is 6.42 Å². The Morgan fingerprint density at radius 2 is 1.50 bits per heavy atom. The number of fused-ring (bicyclic) bond motifs is 1. The topological polar surface area (TPSA) is 74.0 Å².